The van der Waals surface area contributed by atoms with Crippen LogP contribution < -0.4 is 5.32 Å². The first kappa shape index (κ1) is 13.5. The summed E-state index contributed by atoms with van der Waals surface area (Å²) in [7, 11) is 0. The van der Waals surface area contributed by atoms with Crippen molar-refractivity contribution in [2.24, 2.45) is 5.92 Å². The first-order valence-corrected chi connectivity index (χ1v) is 6.84. The Kier molecular flexibility index (Phi) is 4.70. The maximum atomic E-state index is 13.5. The van der Waals surface area contributed by atoms with Gasteiger partial charge in [-0.25, -0.2) is 8.78 Å². The number of hydrogen-bond donors (Lipinski definition) is 1. The van der Waals surface area contributed by atoms with E-state index in [1.807, 2.05) is 0 Å². The lowest BCUT2D eigenvalue weighted by Crippen LogP contribution is -2.34. The van der Waals surface area contributed by atoms with Crippen molar-refractivity contribution in [1.29, 1.82) is 0 Å². The second-order valence-corrected chi connectivity index (χ2v) is 5.32. The molecule has 3 heteroatoms. The Morgan fingerprint density at radius 1 is 1.17 bits per heavy atom. The Morgan fingerprint density at radius 3 is 2.78 bits per heavy atom. The Morgan fingerprint density at radius 2 is 1.94 bits per heavy atom. The maximum absolute atomic E-state index is 13.5. The van der Waals surface area contributed by atoms with Gasteiger partial charge in [-0.05, 0) is 24.8 Å². The van der Waals surface area contributed by atoms with Crippen LogP contribution in [0.1, 0.15) is 44.6 Å². The van der Waals surface area contributed by atoms with Crippen LogP contribution in [0, 0.1) is 17.6 Å². The van der Waals surface area contributed by atoms with E-state index in [1.54, 1.807) is 12.1 Å². The standard InChI is InChI=1S/C15H21F2N/c1-11-6-3-2-4-9-14(11)18-10-12-7-5-8-13(16)15(12)17/h5,7-8,11,14,18H,2-4,6,9-10H2,1H3. The highest BCUT2D eigenvalue weighted by atomic mass is 19.2. The van der Waals surface area contributed by atoms with E-state index in [0.29, 0.717) is 24.1 Å². The number of halogens is 2. The molecule has 1 fully saturated rings. The predicted molar refractivity (Wildman–Crippen MR) is 69.2 cm³/mol. The highest BCUT2D eigenvalue weighted by Crippen LogP contribution is 2.23. The Hall–Kier alpha value is -0.960. The van der Waals surface area contributed by atoms with Crippen LogP contribution in [0.3, 0.4) is 0 Å². The predicted octanol–water partition coefficient (Wildman–Crippen LogP) is 4.02. The monoisotopic (exact) mass is 253 g/mol. The molecular weight excluding hydrogens is 232 g/mol. The molecule has 1 N–H and O–H groups in total. The molecule has 1 aliphatic carbocycles. The van der Waals surface area contributed by atoms with E-state index in [0.717, 1.165) is 12.5 Å². The summed E-state index contributed by atoms with van der Waals surface area (Å²) in [5.41, 5.74) is 0.423. The van der Waals surface area contributed by atoms with E-state index in [1.165, 1.54) is 25.7 Å². The summed E-state index contributed by atoms with van der Waals surface area (Å²) >= 11 is 0. The van der Waals surface area contributed by atoms with E-state index < -0.39 is 11.6 Å². The van der Waals surface area contributed by atoms with Crippen molar-refractivity contribution in [3.8, 4) is 0 Å². The van der Waals surface area contributed by atoms with Crippen LogP contribution in [0.25, 0.3) is 0 Å². The summed E-state index contributed by atoms with van der Waals surface area (Å²) in [6, 6.07) is 4.79. The zero-order valence-corrected chi connectivity index (χ0v) is 10.9. The van der Waals surface area contributed by atoms with Gasteiger partial charge < -0.3 is 5.32 Å². The van der Waals surface area contributed by atoms with Crippen LogP contribution in [-0.4, -0.2) is 6.04 Å². The average Bonchev–Trinajstić information content (AvgIpc) is 2.56. The lowest BCUT2D eigenvalue weighted by Gasteiger charge is -2.23. The quantitative estimate of drug-likeness (QED) is 0.802. The summed E-state index contributed by atoms with van der Waals surface area (Å²) in [5, 5.41) is 3.39. The van der Waals surface area contributed by atoms with Crippen LogP contribution in [0.2, 0.25) is 0 Å². The average molecular weight is 253 g/mol. The summed E-state index contributed by atoms with van der Waals surface area (Å²) in [6.07, 6.45) is 6.17. The van der Waals surface area contributed by atoms with Crippen molar-refractivity contribution in [3.05, 3.63) is 35.4 Å². The lowest BCUT2D eigenvalue weighted by molar-refractivity contribution is 0.352. The van der Waals surface area contributed by atoms with Gasteiger partial charge in [0.2, 0.25) is 0 Å². The second kappa shape index (κ2) is 6.28. The molecule has 0 aromatic heterocycles. The maximum Gasteiger partial charge on any atom is 0.163 e. The van der Waals surface area contributed by atoms with Gasteiger partial charge in [-0.2, -0.15) is 0 Å². The smallest absolute Gasteiger partial charge is 0.163 e. The molecule has 2 atom stereocenters. The molecule has 0 bridgehead atoms. The number of nitrogens with one attached hydrogen (secondary N) is 1. The van der Waals surface area contributed by atoms with Gasteiger partial charge in [0, 0.05) is 18.2 Å². The van der Waals surface area contributed by atoms with Gasteiger partial charge in [0.15, 0.2) is 11.6 Å². The lowest BCUT2D eigenvalue weighted by atomic mass is 9.97. The Balaban J connectivity index is 1.95. The minimum absolute atomic E-state index is 0.415. The third-order valence-corrected chi connectivity index (χ3v) is 3.95. The molecule has 1 aliphatic rings. The highest BCUT2D eigenvalue weighted by molar-refractivity contribution is 5.18. The van der Waals surface area contributed by atoms with Crippen LogP contribution >= 0.6 is 0 Å². The summed E-state index contributed by atoms with van der Waals surface area (Å²) in [5.74, 6) is -0.862. The van der Waals surface area contributed by atoms with Crippen LogP contribution in [0.4, 0.5) is 8.78 Å². The van der Waals surface area contributed by atoms with Gasteiger partial charge in [-0.15, -0.1) is 0 Å². The number of hydrogen-bond acceptors (Lipinski definition) is 1. The highest BCUT2D eigenvalue weighted by Gasteiger charge is 2.19. The SMILES string of the molecule is CC1CCCCCC1NCc1cccc(F)c1F. The summed E-state index contributed by atoms with van der Waals surface area (Å²) in [6.45, 7) is 2.66. The van der Waals surface area contributed by atoms with Crippen molar-refractivity contribution >= 4 is 0 Å². The Labute approximate surface area is 108 Å². The minimum atomic E-state index is -0.761. The normalized spacial score (nSPS) is 24.8. The molecular formula is C15H21F2N. The molecule has 0 aliphatic heterocycles. The molecule has 0 amide bonds. The molecule has 1 aromatic carbocycles. The molecule has 0 heterocycles. The van der Waals surface area contributed by atoms with Crippen LogP contribution in [0.5, 0.6) is 0 Å². The van der Waals surface area contributed by atoms with Gasteiger partial charge in [-0.1, -0.05) is 38.3 Å². The fourth-order valence-corrected chi connectivity index (χ4v) is 2.72. The van der Waals surface area contributed by atoms with Gasteiger partial charge in [0.25, 0.3) is 0 Å². The van der Waals surface area contributed by atoms with Crippen LogP contribution in [-0.2, 0) is 6.54 Å². The zero-order chi connectivity index (χ0) is 13.0. The molecule has 0 spiro atoms. The van der Waals surface area contributed by atoms with Gasteiger partial charge in [0.1, 0.15) is 0 Å². The van der Waals surface area contributed by atoms with E-state index in [-0.39, 0.29) is 0 Å². The van der Waals surface area contributed by atoms with Crippen LogP contribution in [0.15, 0.2) is 18.2 Å². The topological polar surface area (TPSA) is 12.0 Å². The Bertz CT molecular complexity index is 392. The van der Waals surface area contributed by atoms with E-state index in [9.17, 15) is 8.78 Å². The molecule has 2 rings (SSSR count). The molecule has 100 valence electrons. The van der Waals surface area contributed by atoms with Gasteiger partial charge in [0.05, 0.1) is 0 Å². The molecule has 1 nitrogen and oxygen atoms in total. The molecule has 0 saturated heterocycles. The van der Waals surface area contributed by atoms with E-state index in [4.69, 9.17) is 0 Å². The van der Waals surface area contributed by atoms with Crippen molar-refractivity contribution in [2.75, 3.05) is 0 Å². The number of rotatable bonds is 3. The van der Waals surface area contributed by atoms with E-state index in [2.05, 4.69) is 12.2 Å². The summed E-state index contributed by atoms with van der Waals surface area (Å²) in [4.78, 5) is 0. The third kappa shape index (κ3) is 3.29. The summed E-state index contributed by atoms with van der Waals surface area (Å²) < 4.78 is 26.6. The van der Waals surface area contributed by atoms with Crippen molar-refractivity contribution in [3.63, 3.8) is 0 Å². The molecule has 2 unspecified atom stereocenters. The largest absolute Gasteiger partial charge is 0.310 e. The van der Waals surface area contributed by atoms with Gasteiger partial charge >= 0.3 is 0 Å². The third-order valence-electron chi connectivity index (χ3n) is 3.95. The molecule has 0 radical (unpaired) electrons. The molecule has 1 saturated carbocycles. The van der Waals surface area contributed by atoms with Crippen molar-refractivity contribution in [2.45, 2.75) is 51.6 Å². The second-order valence-electron chi connectivity index (χ2n) is 5.32. The molecule has 1 aromatic rings. The fraction of sp³-hybridized carbons (Fsp3) is 0.600. The zero-order valence-electron chi connectivity index (χ0n) is 10.9. The molecule has 18 heavy (non-hydrogen) atoms. The fourth-order valence-electron chi connectivity index (χ4n) is 2.72. The first-order chi connectivity index (χ1) is 8.68. The van der Waals surface area contributed by atoms with Gasteiger partial charge in [-0.3, -0.25) is 0 Å². The minimum Gasteiger partial charge on any atom is -0.310 e. The number of benzene rings is 1. The van der Waals surface area contributed by atoms with Crippen molar-refractivity contribution in [1.82, 2.24) is 5.32 Å². The first-order valence-electron chi connectivity index (χ1n) is 6.84. The van der Waals surface area contributed by atoms with E-state index >= 15 is 0 Å². The van der Waals surface area contributed by atoms with Crippen molar-refractivity contribution < 1.29 is 8.78 Å².